The Morgan fingerprint density at radius 3 is 1.30 bits per heavy atom. The fraction of sp³-hybridized carbons (Fsp3) is 0.105. The maximum atomic E-state index is 4.57. The summed E-state index contributed by atoms with van der Waals surface area (Å²) in [6.45, 7) is 0. The minimum Gasteiger partial charge on any atom is -0.173 e. The molecule has 0 unspecified atom stereocenters. The van der Waals surface area contributed by atoms with Crippen molar-refractivity contribution >= 4 is 56.3 Å². The SMILES string of the molecule is c1cc(-c2ccc(-c3c4c(c(-c5ccc(-c6cccc7nsnc67)cc5)c5ccccc35)CCCC4)cc2)c2nsnc2c1. The second kappa shape index (κ2) is 10.4. The van der Waals surface area contributed by atoms with Crippen LogP contribution in [0, 0.1) is 0 Å². The van der Waals surface area contributed by atoms with Gasteiger partial charge in [0.15, 0.2) is 0 Å². The van der Waals surface area contributed by atoms with E-state index in [1.165, 1.54) is 91.6 Å². The zero-order chi connectivity index (χ0) is 29.0. The molecule has 210 valence electrons. The molecule has 0 aliphatic heterocycles. The van der Waals surface area contributed by atoms with Crippen molar-refractivity contribution in [1.29, 1.82) is 0 Å². The second-order valence-corrected chi connectivity index (χ2v) is 12.5. The van der Waals surface area contributed by atoms with Crippen molar-refractivity contribution in [3.8, 4) is 44.5 Å². The van der Waals surface area contributed by atoms with Crippen molar-refractivity contribution in [2.75, 3.05) is 0 Å². The van der Waals surface area contributed by atoms with Crippen LogP contribution in [0.5, 0.6) is 0 Å². The van der Waals surface area contributed by atoms with Gasteiger partial charge in [-0.05, 0) is 93.1 Å². The van der Waals surface area contributed by atoms with Crippen LogP contribution in [0.4, 0.5) is 0 Å². The molecule has 0 bridgehead atoms. The highest BCUT2D eigenvalue weighted by molar-refractivity contribution is 7.00. The van der Waals surface area contributed by atoms with E-state index in [9.17, 15) is 0 Å². The van der Waals surface area contributed by atoms with Gasteiger partial charge in [0.25, 0.3) is 0 Å². The molecule has 9 rings (SSSR count). The topological polar surface area (TPSA) is 51.6 Å². The number of hydrogen-bond donors (Lipinski definition) is 0. The maximum Gasteiger partial charge on any atom is 0.112 e. The van der Waals surface area contributed by atoms with Gasteiger partial charge in [0.05, 0.1) is 23.5 Å². The Labute approximate surface area is 263 Å². The molecule has 2 aromatic heterocycles. The summed E-state index contributed by atoms with van der Waals surface area (Å²) in [7, 11) is 0. The maximum absolute atomic E-state index is 4.57. The van der Waals surface area contributed by atoms with E-state index in [1.54, 1.807) is 0 Å². The van der Waals surface area contributed by atoms with Crippen LogP contribution in [-0.2, 0) is 12.8 Å². The molecule has 0 saturated carbocycles. The lowest BCUT2D eigenvalue weighted by molar-refractivity contribution is 0.689. The van der Waals surface area contributed by atoms with Crippen LogP contribution < -0.4 is 0 Å². The van der Waals surface area contributed by atoms with Gasteiger partial charge >= 0.3 is 0 Å². The molecule has 0 saturated heterocycles. The van der Waals surface area contributed by atoms with E-state index in [4.69, 9.17) is 0 Å². The average molecular weight is 603 g/mol. The summed E-state index contributed by atoms with van der Waals surface area (Å²) < 4.78 is 18.0. The third-order valence-electron chi connectivity index (χ3n) is 9.08. The number of aromatic nitrogens is 4. The summed E-state index contributed by atoms with van der Waals surface area (Å²) in [5.74, 6) is 0. The highest BCUT2D eigenvalue weighted by Crippen LogP contribution is 2.45. The molecule has 0 fully saturated rings. The van der Waals surface area contributed by atoms with Crippen LogP contribution >= 0.6 is 23.5 Å². The summed E-state index contributed by atoms with van der Waals surface area (Å²) in [5, 5.41) is 2.65. The molecule has 1 aliphatic carbocycles. The van der Waals surface area contributed by atoms with E-state index in [2.05, 4.69) is 115 Å². The van der Waals surface area contributed by atoms with Crippen LogP contribution in [0.15, 0.2) is 109 Å². The monoisotopic (exact) mass is 602 g/mol. The fourth-order valence-electron chi connectivity index (χ4n) is 7.07. The average Bonchev–Trinajstić information content (AvgIpc) is 3.78. The van der Waals surface area contributed by atoms with Gasteiger partial charge in [0.1, 0.15) is 22.1 Å². The number of benzene rings is 6. The molecule has 4 nitrogen and oxygen atoms in total. The molecule has 44 heavy (non-hydrogen) atoms. The number of hydrogen-bond acceptors (Lipinski definition) is 6. The zero-order valence-electron chi connectivity index (χ0n) is 23.8. The highest BCUT2D eigenvalue weighted by atomic mass is 32.1. The van der Waals surface area contributed by atoms with E-state index in [1.807, 2.05) is 12.1 Å². The van der Waals surface area contributed by atoms with Crippen molar-refractivity contribution < 1.29 is 0 Å². The van der Waals surface area contributed by atoms with E-state index >= 15 is 0 Å². The highest BCUT2D eigenvalue weighted by Gasteiger charge is 2.23. The minimum atomic E-state index is 0.956. The molecule has 6 heteroatoms. The van der Waals surface area contributed by atoms with Gasteiger partial charge in [-0.25, -0.2) is 0 Å². The molecule has 1 aliphatic rings. The summed E-state index contributed by atoms with van der Waals surface area (Å²) in [5.41, 5.74) is 16.8. The number of rotatable bonds is 4. The molecular formula is C38H26N4S2. The standard InChI is InChI=1S/C38H26N4S2/c1-2-8-30-29(7-1)35(25-19-15-23(16-20-25)27-11-5-13-33-37(27)41-43-39-33)31-9-3-4-10-32(31)36(30)26-21-17-24(18-22-26)28-12-6-14-34-38(28)42-44-40-34/h1-2,5-8,11-22H,3-4,9-10H2. The number of nitrogens with zero attached hydrogens (tertiary/aromatic N) is 4. The van der Waals surface area contributed by atoms with Gasteiger partial charge in [0.2, 0.25) is 0 Å². The van der Waals surface area contributed by atoms with Crippen LogP contribution in [0.2, 0.25) is 0 Å². The fourth-order valence-corrected chi connectivity index (χ4v) is 8.17. The molecule has 0 radical (unpaired) electrons. The van der Waals surface area contributed by atoms with E-state index < -0.39 is 0 Å². The Morgan fingerprint density at radius 1 is 0.409 bits per heavy atom. The van der Waals surface area contributed by atoms with Crippen molar-refractivity contribution in [2.24, 2.45) is 0 Å². The van der Waals surface area contributed by atoms with Gasteiger partial charge in [-0.3, -0.25) is 0 Å². The molecule has 0 atom stereocenters. The van der Waals surface area contributed by atoms with Crippen molar-refractivity contribution in [1.82, 2.24) is 17.5 Å². The van der Waals surface area contributed by atoms with Crippen molar-refractivity contribution in [2.45, 2.75) is 25.7 Å². The number of fused-ring (bicyclic) bond motifs is 4. The summed E-state index contributed by atoms with van der Waals surface area (Å²) in [6, 6.07) is 39.7. The first-order valence-electron chi connectivity index (χ1n) is 15.0. The Hall–Kier alpha value is -4.78. The Kier molecular flexibility index (Phi) is 6.10. The van der Waals surface area contributed by atoms with Gasteiger partial charge in [-0.15, -0.1) is 0 Å². The third kappa shape index (κ3) is 4.09. The van der Waals surface area contributed by atoms with Crippen LogP contribution in [0.25, 0.3) is 77.3 Å². The molecular weight excluding hydrogens is 577 g/mol. The zero-order valence-corrected chi connectivity index (χ0v) is 25.5. The first-order chi connectivity index (χ1) is 21.8. The largest absolute Gasteiger partial charge is 0.173 e. The summed E-state index contributed by atoms with van der Waals surface area (Å²) in [6.07, 6.45) is 4.65. The summed E-state index contributed by atoms with van der Waals surface area (Å²) >= 11 is 2.55. The predicted molar refractivity (Wildman–Crippen MR) is 184 cm³/mol. The molecule has 6 aromatic carbocycles. The van der Waals surface area contributed by atoms with Crippen LogP contribution in [-0.4, -0.2) is 17.5 Å². The summed E-state index contributed by atoms with van der Waals surface area (Å²) in [4.78, 5) is 0. The minimum absolute atomic E-state index is 0.956. The van der Waals surface area contributed by atoms with E-state index in [0.717, 1.165) is 46.0 Å². The molecule has 2 heterocycles. The second-order valence-electron chi connectivity index (χ2n) is 11.5. The Balaban J connectivity index is 1.19. The van der Waals surface area contributed by atoms with Gasteiger partial charge in [0, 0.05) is 11.1 Å². The normalized spacial score (nSPS) is 13.1. The third-order valence-corrected chi connectivity index (χ3v) is 10.2. The first kappa shape index (κ1) is 25.7. The molecule has 0 amide bonds. The quantitative estimate of drug-likeness (QED) is 0.201. The molecule has 0 spiro atoms. The lowest BCUT2D eigenvalue weighted by atomic mass is 9.77. The van der Waals surface area contributed by atoms with Gasteiger partial charge in [-0.2, -0.15) is 17.5 Å². The Morgan fingerprint density at radius 2 is 0.841 bits per heavy atom. The predicted octanol–water partition coefficient (Wildman–Crippen LogP) is 10.4. The van der Waals surface area contributed by atoms with Gasteiger partial charge in [-0.1, -0.05) is 97.1 Å². The Bertz CT molecular complexity index is 2170. The van der Waals surface area contributed by atoms with Crippen LogP contribution in [0.3, 0.4) is 0 Å². The lowest BCUT2D eigenvalue weighted by Gasteiger charge is -2.26. The molecule has 8 aromatic rings. The van der Waals surface area contributed by atoms with Crippen LogP contribution in [0.1, 0.15) is 24.0 Å². The molecule has 0 N–H and O–H groups in total. The van der Waals surface area contributed by atoms with Gasteiger partial charge < -0.3 is 0 Å². The smallest absolute Gasteiger partial charge is 0.112 e. The van der Waals surface area contributed by atoms with Crippen molar-refractivity contribution in [3.63, 3.8) is 0 Å². The van der Waals surface area contributed by atoms with E-state index in [-0.39, 0.29) is 0 Å². The lowest BCUT2D eigenvalue weighted by Crippen LogP contribution is -2.08. The van der Waals surface area contributed by atoms with E-state index in [0.29, 0.717) is 0 Å². The first-order valence-corrected chi connectivity index (χ1v) is 16.5. The van der Waals surface area contributed by atoms with Crippen molar-refractivity contribution in [3.05, 3.63) is 120 Å².